The van der Waals surface area contributed by atoms with E-state index in [1.54, 1.807) is 47.7 Å². The van der Waals surface area contributed by atoms with E-state index in [1.807, 2.05) is 13.0 Å². The SMILES string of the molecule is Cc1nc2cc(S(=O)(=O)c3ccc(Br)cc3)ccc2s1. The maximum Gasteiger partial charge on any atom is 0.206 e. The van der Waals surface area contributed by atoms with Crippen LogP contribution in [0, 0.1) is 6.92 Å². The molecule has 3 nitrogen and oxygen atoms in total. The number of aromatic nitrogens is 1. The Morgan fingerprint density at radius 2 is 1.70 bits per heavy atom. The lowest BCUT2D eigenvalue weighted by atomic mass is 10.3. The van der Waals surface area contributed by atoms with Gasteiger partial charge in [0.05, 0.1) is 25.0 Å². The monoisotopic (exact) mass is 367 g/mol. The Morgan fingerprint density at radius 3 is 2.40 bits per heavy atom. The van der Waals surface area contributed by atoms with Crippen molar-refractivity contribution in [2.75, 3.05) is 0 Å². The molecule has 0 fully saturated rings. The third kappa shape index (κ3) is 2.39. The van der Waals surface area contributed by atoms with Gasteiger partial charge >= 0.3 is 0 Å². The second kappa shape index (κ2) is 4.95. The average Bonchev–Trinajstić information content (AvgIpc) is 2.78. The highest BCUT2D eigenvalue weighted by Crippen LogP contribution is 2.28. The normalized spacial score (nSPS) is 11.9. The molecule has 0 aliphatic rings. The summed E-state index contributed by atoms with van der Waals surface area (Å²) in [4.78, 5) is 4.90. The van der Waals surface area contributed by atoms with E-state index >= 15 is 0 Å². The van der Waals surface area contributed by atoms with E-state index in [4.69, 9.17) is 0 Å². The third-order valence-corrected chi connectivity index (χ3v) is 6.15. The molecule has 3 rings (SSSR count). The first-order valence-electron chi connectivity index (χ1n) is 5.85. The lowest BCUT2D eigenvalue weighted by molar-refractivity contribution is 0.596. The van der Waals surface area contributed by atoms with Gasteiger partial charge in [0.2, 0.25) is 9.84 Å². The lowest BCUT2D eigenvalue weighted by Gasteiger charge is -2.04. The van der Waals surface area contributed by atoms with Crippen molar-refractivity contribution in [3.05, 3.63) is 51.9 Å². The Kier molecular flexibility index (Phi) is 3.40. The second-order valence-corrected chi connectivity index (χ2v) is 8.42. The zero-order valence-electron chi connectivity index (χ0n) is 10.5. The summed E-state index contributed by atoms with van der Waals surface area (Å²) in [5, 5.41) is 0.929. The molecule has 0 bridgehead atoms. The quantitative estimate of drug-likeness (QED) is 0.681. The van der Waals surface area contributed by atoms with E-state index in [0.717, 1.165) is 19.7 Å². The standard InChI is InChI=1S/C14H10BrNO2S2/c1-9-16-13-8-12(6-7-14(13)19-9)20(17,18)11-4-2-10(15)3-5-11/h2-8H,1H3. The summed E-state index contributed by atoms with van der Waals surface area (Å²) in [6.45, 7) is 1.91. The summed E-state index contributed by atoms with van der Waals surface area (Å²) in [5.41, 5.74) is 0.727. The molecule has 1 aromatic heterocycles. The molecular formula is C14H10BrNO2S2. The zero-order valence-corrected chi connectivity index (χ0v) is 13.7. The minimum Gasteiger partial charge on any atom is -0.241 e. The number of rotatable bonds is 2. The first-order valence-corrected chi connectivity index (χ1v) is 8.94. The summed E-state index contributed by atoms with van der Waals surface area (Å²) in [6, 6.07) is 11.7. The second-order valence-electron chi connectivity index (χ2n) is 4.32. The number of hydrogen-bond acceptors (Lipinski definition) is 4. The van der Waals surface area contributed by atoms with Gasteiger partial charge in [-0.05, 0) is 49.4 Å². The van der Waals surface area contributed by atoms with Gasteiger partial charge in [0, 0.05) is 4.47 Å². The number of aryl methyl sites for hydroxylation is 1. The van der Waals surface area contributed by atoms with Gasteiger partial charge < -0.3 is 0 Å². The summed E-state index contributed by atoms with van der Waals surface area (Å²) >= 11 is 4.86. The van der Waals surface area contributed by atoms with Gasteiger partial charge in [-0.3, -0.25) is 0 Å². The van der Waals surface area contributed by atoms with Crippen LogP contribution in [0.1, 0.15) is 5.01 Å². The maximum absolute atomic E-state index is 12.6. The highest BCUT2D eigenvalue weighted by molar-refractivity contribution is 9.10. The molecule has 0 unspecified atom stereocenters. The van der Waals surface area contributed by atoms with Gasteiger partial charge in [-0.2, -0.15) is 0 Å². The molecule has 2 aromatic carbocycles. The Bertz CT molecular complexity index is 883. The van der Waals surface area contributed by atoms with Gasteiger partial charge in [0.25, 0.3) is 0 Å². The summed E-state index contributed by atoms with van der Waals surface area (Å²) in [7, 11) is -3.49. The highest BCUT2D eigenvalue weighted by Gasteiger charge is 2.18. The Labute approximate surface area is 129 Å². The van der Waals surface area contributed by atoms with E-state index in [1.165, 1.54) is 0 Å². The molecular weight excluding hydrogens is 358 g/mol. The topological polar surface area (TPSA) is 47.0 Å². The molecule has 0 atom stereocenters. The van der Waals surface area contributed by atoms with E-state index < -0.39 is 9.84 Å². The Hall–Kier alpha value is -1.24. The number of sulfone groups is 1. The molecule has 0 radical (unpaired) electrons. The molecule has 0 saturated heterocycles. The molecule has 20 heavy (non-hydrogen) atoms. The summed E-state index contributed by atoms with van der Waals surface area (Å²) < 4.78 is 27.0. The van der Waals surface area contributed by atoms with Crippen molar-refractivity contribution in [2.45, 2.75) is 16.7 Å². The Balaban J connectivity index is 2.15. The summed E-state index contributed by atoms with van der Waals surface area (Å²) in [5.74, 6) is 0. The molecule has 0 spiro atoms. The molecule has 3 aromatic rings. The molecule has 102 valence electrons. The van der Waals surface area contributed by atoms with E-state index in [2.05, 4.69) is 20.9 Å². The number of halogens is 1. The smallest absolute Gasteiger partial charge is 0.206 e. The first kappa shape index (κ1) is 13.7. The molecule has 0 aliphatic carbocycles. The van der Waals surface area contributed by atoms with E-state index in [-0.39, 0.29) is 9.79 Å². The molecule has 0 amide bonds. The number of fused-ring (bicyclic) bond motifs is 1. The van der Waals surface area contributed by atoms with Crippen LogP contribution in [0.25, 0.3) is 10.2 Å². The van der Waals surface area contributed by atoms with Crippen molar-refractivity contribution in [1.29, 1.82) is 0 Å². The largest absolute Gasteiger partial charge is 0.241 e. The third-order valence-electron chi connectivity index (χ3n) is 2.90. The lowest BCUT2D eigenvalue weighted by Crippen LogP contribution is -2.01. The molecule has 1 heterocycles. The number of nitrogens with zero attached hydrogens (tertiary/aromatic N) is 1. The van der Waals surface area contributed by atoms with Gasteiger partial charge in [-0.25, -0.2) is 13.4 Å². The Morgan fingerprint density at radius 1 is 1.05 bits per heavy atom. The fourth-order valence-electron chi connectivity index (χ4n) is 1.94. The molecule has 6 heteroatoms. The van der Waals surface area contributed by atoms with Crippen LogP contribution in [0.5, 0.6) is 0 Å². The number of thiazole rings is 1. The zero-order chi connectivity index (χ0) is 14.3. The minimum atomic E-state index is -3.49. The molecule has 0 N–H and O–H groups in total. The van der Waals surface area contributed by atoms with E-state index in [9.17, 15) is 8.42 Å². The van der Waals surface area contributed by atoms with Gasteiger partial charge in [-0.1, -0.05) is 15.9 Å². The van der Waals surface area contributed by atoms with Gasteiger partial charge in [-0.15, -0.1) is 11.3 Å². The van der Waals surface area contributed by atoms with Crippen LogP contribution in [0.2, 0.25) is 0 Å². The fraction of sp³-hybridized carbons (Fsp3) is 0.0714. The number of benzene rings is 2. The predicted octanol–water partition coefficient (Wildman–Crippen LogP) is 4.20. The van der Waals surface area contributed by atoms with Crippen LogP contribution < -0.4 is 0 Å². The van der Waals surface area contributed by atoms with Crippen LogP contribution in [0.4, 0.5) is 0 Å². The highest BCUT2D eigenvalue weighted by atomic mass is 79.9. The van der Waals surface area contributed by atoms with Gasteiger partial charge in [0.1, 0.15) is 0 Å². The number of hydrogen-bond donors (Lipinski definition) is 0. The van der Waals surface area contributed by atoms with Crippen molar-refractivity contribution in [3.63, 3.8) is 0 Å². The van der Waals surface area contributed by atoms with Crippen LogP contribution in [0.15, 0.2) is 56.7 Å². The van der Waals surface area contributed by atoms with Crippen molar-refractivity contribution in [3.8, 4) is 0 Å². The van der Waals surface area contributed by atoms with Crippen molar-refractivity contribution < 1.29 is 8.42 Å². The van der Waals surface area contributed by atoms with Crippen LogP contribution >= 0.6 is 27.3 Å². The average molecular weight is 368 g/mol. The van der Waals surface area contributed by atoms with Gasteiger partial charge in [0.15, 0.2) is 0 Å². The van der Waals surface area contributed by atoms with Crippen molar-refractivity contribution in [2.24, 2.45) is 0 Å². The van der Waals surface area contributed by atoms with Crippen LogP contribution in [-0.2, 0) is 9.84 Å². The minimum absolute atomic E-state index is 0.276. The summed E-state index contributed by atoms with van der Waals surface area (Å²) in [6.07, 6.45) is 0. The van der Waals surface area contributed by atoms with Crippen LogP contribution in [-0.4, -0.2) is 13.4 Å². The maximum atomic E-state index is 12.6. The van der Waals surface area contributed by atoms with Crippen LogP contribution in [0.3, 0.4) is 0 Å². The van der Waals surface area contributed by atoms with Crippen molar-refractivity contribution >= 4 is 47.3 Å². The van der Waals surface area contributed by atoms with Crippen molar-refractivity contribution in [1.82, 2.24) is 4.98 Å². The predicted molar refractivity (Wildman–Crippen MR) is 84.0 cm³/mol. The first-order chi connectivity index (χ1) is 9.46. The molecule has 0 aliphatic heterocycles. The van der Waals surface area contributed by atoms with E-state index in [0.29, 0.717) is 0 Å². The fourth-order valence-corrected chi connectivity index (χ4v) is 4.29. The molecule has 0 saturated carbocycles.